The zero-order valence-corrected chi connectivity index (χ0v) is 18.9. The highest BCUT2D eigenvalue weighted by molar-refractivity contribution is 7.90. The molecule has 1 heterocycles. The van der Waals surface area contributed by atoms with Crippen molar-refractivity contribution < 1.29 is 18.0 Å². The molecule has 1 aliphatic rings. The zero-order chi connectivity index (χ0) is 22.4. The Morgan fingerprint density at radius 3 is 2.22 bits per heavy atom. The molecule has 1 fully saturated rings. The molecule has 1 aliphatic heterocycles. The van der Waals surface area contributed by atoms with Crippen LogP contribution in [-0.4, -0.2) is 38.9 Å². The van der Waals surface area contributed by atoms with Crippen molar-refractivity contribution >= 4 is 10.0 Å². The number of rotatable bonds is 9. The molecule has 0 aliphatic carbocycles. The average molecular weight is 453 g/mol. The molecule has 4 rings (SSSR count). The molecule has 0 amide bonds. The third-order valence-electron chi connectivity index (χ3n) is 5.61. The van der Waals surface area contributed by atoms with Crippen LogP contribution in [0.4, 0.5) is 0 Å². The fourth-order valence-electron chi connectivity index (χ4n) is 3.87. The molecule has 168 valence electrons. The molecule has 0 bridgehead atoms. The summed E-state index contributed by atoms with van der Waals surface area (Å²) in [5.41, 5.74) is 3.06. The van der Waals surface area contributed by atoms with E-state index in [0.29, 0.717) is 19.6 Å². The molecule has 32 heavy (non-hydrogen) atoms. The van der Waals surface area contributed by atoms with E-state index in [-0.39, 0.29) is 6.61 Å². The number of hydrogen-bond donors (Lipinski definition) is 1. The van der Waals surface area contributed by atoms with Crippen molar-refractivity contribution in [3.8, 4) is 5.75 Å². The minimum atomic E-state index is -3.56. The first-order chi connectivity index (χ1) is 15.5. The molecule has 0 unspecified atom stereocenters. The molecule has 0 spiro atoms. The van der Waals surface area contributed by atoms with Crippen molar-refractivity contribution in [1.82, 2.24) is 9.79 Å². The summed E-state index contributed by atoms with van der Waals surface area (Å²) < 4.78 is 34.7. The largest absolute Gasteiger partial charge is 0.489 e. The van der Waals surface area contributed by atoms with Crippen LogP contribution in [0.5, 0.6) is 5.75 Å². The lowest BCUT2D eigenvalue weighted by Gasteiger charge is -2.23. The van der Waals surface area contributed by atoms with Gasteiger partial charge in [0.2, 0.25) is 10.0 Å². The van der Waals surface area contributed by atoms with Gasteiger partial charge in [0.15, 0.2) is 0 Å². The quantitative estimate of drug-likeness (QED) is 0.536. The first-order valence-electron chi connectivity index (χ1n) is 10.7. The molecule has 2 atom stereocenters. The third-order valence-corrected chi connectivity index (χ3v) is 7.41. The highest BCUT2D eigenvalue weighted by atomic mass is 32.2. The van der Waals surface area contributed by atoms with Crippen LogP contribution in [0.15, 0.2) is 84.9 Å². The highest BCUT2D eigenvalue weighted by Crippen LogP contribution is 2.34. The smallest absolute Gasteiger partial charge is 0.218 e. The van der Waals surface area contributed by atoms with Crippen LogP contribution in [0.2, 0.25) is 0 Å². The number of sulfonamides is 1. The number of ether oxygens (including phenoxy) is 1. The molecular formula is C25H28N2O4S. The summed E-state index contributed by atoms with van der Waals surface area (Å²) in [6.07, 6.45) is 0.640. The van der Waals surface area contributed by atoms with Crippen molar-refractivity contribution in [1.29, 1.82) is 0 Å². The maximum absolute atomic E-state index is 13.0. The van der Waals surface area contributed by atoms with Gasteiger partial charge in [0, 0.05) is 13.6 Å². The van der Waals surface area contributed by atoms with E-state index in [1.165, 1.54) is 0 Å². The van der Waals surface area contributed by atoms with Gasteiger partial charge in [-0.1, -0.05) is 72.8 Å². The lowest BCUT2D eigenvalue weighted by atomic mass is 10.0. The van der Waals surface area contributed by atoms with Gasteiger partial charge in [-0.05, 0) is 35.2 Å². The lowest BCUT2D eigenvalue weighted by Crippen LogP contribution is -2.40. The summed E-state index contributed by atoms with van der Waals surface area (Å²) in [6, 6.07) is 26.9. The Hall–Kier alpha value is -2.71. The normalized spacial score (nSPS) is 19.2. The van der Waals surface area contributed by atoms with Crippen molar-refractivity contribution in [2.45, 2.75) is 24.3 Å². The fraction of sp³-hybridized carbons (Fsp3) is 0.280. The summed E-state index contributed by atoms with van der Waals surface area (Å²) in [4.78, 5) is 5.60. The Kier molecular flexibility index (Phi) is 7.22. The molecule has 3 aromatic rings. The van der Waals surface area contributed by atoms with E-state index in [9.17, 15) is 8.42 Å². The van der Waals surface area contributed by atoms with E-state index in [1.54, 1.807) is 12.1 Å². The van der Waals surface area contributed by atoms with Crippen LogP contribution in [0.3, 0.4) is 0 Å². The van der Waals surface area contributed by atoms with Gasteiger partial charge in [0.25, 0.3) is 0 Å². The number of nitrogens with one attached hydrogen (secondary N) is 1. The highest BCUT2D eigenvalue weighted by Gasteiger charge is 2.43. The Bertz CT molecular complexity index is 1090. The third kappa shape index (κ3) is 5.55. The van der Waals surface area contributed by atoms with Crippen LogP contribution >= 0.6 is 0 Å². The van der Waals surface area contributed by atoms with Crippen LogP contribution in [-0.2, 0) is 27.9 Å². The molecule has 1 saturated heterocycles. The summed E-state index contributed by atoms with van der Waals surface area (Å²) in [5.74, 6) is 0.736. The Labute approximate surface area is 189 Å². The van der Waals surface area contributed by atoms with Gasteiger partial charge in [0.1, 0.15) is 17.6 Å². The van der Waals surface area contributed by atoms with E-state index >= 15 is 0 Å². The second-order valence-electron chi connectivity index (χ2n) is 7.84. The van der Waals surface area contributed by atoms with Gasteiger partial charge >= 0.3 is 0 Å². The Morgan fingerprint density at radius 1 is 0.938 bits per heavy atom. The van der Waals surface area contributed by atoms with Gasteiger partial charge in [-0.25, -0.2) is 13.1 Å². The van der Waals surface area contributed by atoms with E-state index in [4.69, 9.17) is 9.57 Å². The lowest BCUT2D eigenvalue weighted by molar-refractivity contribution is -0.110. The first kappa shape index (κ1) is 22.5. The molecule has 1 N–H and O–H groups in total. The van der Waals surface area contributed by atoms with Gasteiger partial charge in [-0.15, -0.1) is 0 Å². The van der Waals surface area contributed by atoms with Gasteiger partial charge < -0.3 is 4.74 Å². The molecule has 6 nitrogen and oxygen atoms in total. The zero-order valence-electron chi connectivity index (χ0n) is 18.1. The predicted molar refractivity (Wildman–Crippen MR) is 125 cm³/mol. The van der Waals surface area contributed by atoms with Crippen LogP contribution in [0.25, 0.3) is 0 Å². The number of hydrogen-bond acceptors (Lipinski definition) is 5. The van der Waals surface area contributed by atoms with Crippen molar-refractivity contribution in [2.75, 3.05) is 20.2 Å². The van der Waals surface area contributed by atoms with Gasteiger partial charge in [0.05, 0.1) is 12.6 Å². The SMILES string of the molecule is CN1OC[C@@H](S(=O)(=O)NCCc2ccccc2)[C@H]1c1ccc(OCc2ccccc2)cc1. The second kappa shape index (κ2) is 10.3. The van der Waals surface area contributed by atoms with Crippen molar-refractivity contribution in [3.63, 3.8) is 0 Å². The number of benzene rings is 3. The number of nitrogens with zero attached hydrogens (tertiary/aromatic N) is 1. The molecule has 3 aromatic carbocycles. The molecule has 0 saturated carbocycles. The molecule has 0 aromatic heterocycles. The van der Waals surface area contributed by atoms with Crippen molar-refractivity contribution in [3.05, 3.63) is 102 Å². The summed E-state index contributed by atoms with van der Waals surface area (Å²) in [5, 5.41) is 0.931. The van der Waals surface area contributed by atoms with Crippen molar-refractivity contribution in [2.24, 2.45) is 0 Å². The van der Waals surface area contributed by atoms with Crippen LogP contribution in [0, 0.1) is 0 Å². The maximum Gasteiger partial charge on any atom is 0.218 e. The van der Waals surface area contributed by atoms with Crippen LogP contribution in [0.1, 0.15) is 22.7 Å². The van der Waals surface area contributed by atoms with Gasteiger partial charge in [-0.3, -0.25) is 4.84 Å². The summed E-state index contributed by atoms with van der Waals surface area (Å²) in [6.45, 7) is 0.953. The fourth-order valence-corrected chi connectivity index (χ4v) is 5.38. The average Bonchev–Trinajstić information content (AvgIpc) is 3.22. The van der Waals surface area contributed by atoms with E-state index in [2.05, 4.69) is 4.72 Å². The Balaban J connectivity index is 1.39. The minimum Gasteiger partial charge on any atom is -0.489 e. The van der Waals surface area contributed by atoms with Crippen LogP contribution < -0.4 is 9.46 Å². The van der Waals surface area contributed by atoms with E-state index in [1.807, 2.05) is 84.9 Å². The minimum absolute atomic E-state index is 0.119. The molecule has 7 heteroatoms. The van der Waals surface area contributed by atoms with E-state index in [0.717, 1.165) is 22.4 Å². The molecular weight excluding hydrogens is 424 g/mol. The summed E-state index contributed by atoms with van der Waals surface area (Å²) >= 11 is 0. The summed E-state index contributed by atoms with van der Waals surface area (Å²) in [7, 11) is -1.80. The first-order valence-corrected chi connectivity index (χ1v) is 12.2. The predicted octanol–water partition coefficient (Wildman–Crippen LogP) is 3.71. The Morgan fingerprint density at radius 2 is 1.56 bits per heavy atom. The topological polar surface area (TPSA) is 67.9 Å². The monoisotopic (exact) mass is 452 g/mol. The second-order valence-corrected chi connectivity index (χ2v) is 9.83. The standard InChI is InChI=1S/C25H28N2O4S/c1-27-25(22-12-14-23(15-13-22)30-18-21-10-6-3-7-11-21)24(19-31-27)32(28,29)26-17-16-20-8-4-2-5-9-20/h2-15,24-26H,16-19H2,1H3/t24-,25-/m1/s1. The molecule has 0 radical (unpaired) electrons. The van der Waals surface area contributed by atoms with E-state index < -0.39 is 21.3 Å². The van der Waals surface area contributed by atoms with Gasteiger partial charge in [-0.2, -0.15) is 5.06 Å². The maximum atomic E-state index is 13.0. The number of hydroxylamine groups is 2.